The highest BCUT2D eigenvalue weighted by molar-refractivity contribution is 7.79. The van der Waals surface area contributed by atoms with Gasteiger partial charge in [0.1, 0.15) is 0 Å². The largest absolute Gasteiger partial charge is 0.175 e. The maximum absolute atomic E-state index is 4.21. The Morgan fingerprint density at radius 1 is 1.44 bits per heavy atom. The van der Waals surface area contributed by atoms with Crippen LogP contribution in [0.4, 0.5) is 0 Å². The highest BCUT2D eigenvalue weighted by Gasteiger charge is 1.97. The molecule has 0 aliphatic carbocycles. The van der Waals surface area contributed by atoms with Crippen molar-refractivity contribution in [2.24, 2.45) is 0 Å². The van der Waals surface area contributed by atoms with Crippen LogP contribution in [-0.4, -0.2) is 0 Å². The van der Waals surface area contributed by atoms with E-state index in [-0.39, 0.29) is 0 Å². The zero-order valence-corrected chi connectivity index (χ0v) is 7.14. The number of thiol groups is 1. The van der Waals surface area contributed by atoms with Crippen molar-refractivity contribution in [3.05, 3.63) is 21.9 Å². The normalized spacial score (nSPS) is 10.0. The van der Waals surface area contributed by atoms with Crippen LogP contribution in [0.5, 0.6) is 0 Å². The first-order valence-electron chi connectivity index (χ1n) is 3.03. The zero-order chi connectivity index (χ0) is 6.69. The lowest BCUT2D eigenvalue weighted by Gasteiger charge is -1.92. The van der Waals surface area contributed by atoms with Crippen molar-refractivity contribution in [1.29, 1.82) is 0 Å². The lowest BCUT2D eigenvalue weighted by atomic mass is 10.2. The Balaban J connectivity index is 2.85. The summed E-state index contributed by atoms with van der Waals surface area (Å²) >= 11 is 5.97. The van der Waals surface area contributed by atoms with Crippen molar-refractivity contribution in [2.75, 3.05) is 0 Å². The molecule has 2 heteroatoms. The third kappa shape index (κ3) is 1.49. The summed E-state index contributed by atoms with van der Waals surface area (Å²) in [6, 6.07) is 0. The van der Waals surface area contributed by atoms with Gasteiger partial charge in [-0.15, -0.1) is 0 Å². The zero-order valence-electron chi connectivity index (χ0n) is 5.42. The molecule has 0 nitrogen and oxygen atoms in total. The minimum absolute atomic E-state index is 0.882. The molecule has 0 amide bonds. The highest BCUT2D eigenvalue weighted by Crippen LogP contribution is 2.16. The Bertz CT molecular complexity index is 160. The second-order valence-corrected chi connectivity index (χ2v) is 2.99. The van der Waals surface area contributed by atoms with Crippen molar-refractivity contribution in [1.82, 2.24) is 0 Å². The first-order chi connectivity index (χ1) is 4.38. The number of hydrogen-bond acceptors (Lipinski definition) is 2. The fourth-order valence-corrected chi connectivity index (χ4v) is 2.17. The molecule has 1 aromatic heterocycles. The van der Waals surface area contributed by atoms with Crippen LogP contribution >= 0.6 is 24.0 Å². The second kappa shape index (κ2) is 3.28. The van der Waals surface area contributed by atoms with E-state index in [0.29, 0.717) is 0 Å². The average Bonchev–Trinajstić information content (AvgIpc) is 2.33. The second-order valence-electron chi connectivity index (χ2n) is 1.93. The van der Waals surface area contributed by atoms with E-state index < -0.39 is 0 Å². The van der Waals surface area contributed by atoms with Crippen molar-refractivity contribution in [3.8, 4) is 0 Å². The molecule has 0 N–H and O–H groups in total. The summed E-state index contributed by atoms with van der Waals surface area (Å²) in [4.78, 5) is 0. The summed E-state index contributed by atoms with van der Waals surface area (Å²) in [6.07, 6.45) is 1.14. The van der Waals surface area contributed by atoms with E-state index in [2.05, 4.69) is 30.3 Å². The van der Waals surface area contributed by atoms with Gasteiger partial charge in [-0.25, -0.2) is 0 Å². The topological polar surface area (TPSA) is 0 Å². The van der Waals surface area contributed by atoms with Gasteiger partial charge < -0.3 is 0 Å². The summed E-state index contributed by atoms with van der Waals surface area (Å²) in [5, 5.41) is 4.37. The Morgan fingerprint density at radius 2 is 2.11 bits per heavy atom. The van der Waals surface area contributed by atoms with Gasteiger partial charge in [-0.2, -0.15) is 24.0 Å². The highest BCUT2D eigenvalue weighted by atomic mass is 32.1. The SMILES string of the molecule is CCc1cscc1CS. The van der Waals surface area contributed by atoms with E-state index in [0.717, 1.165) is 12.2 Å². The predicted octanol–water partition coefficient (Wildman–Crippen LogP) is 2.74. The summed E-state index contributed by atoms with van der Waals surface area (Å²) in [5.74, 6) is 0.882. The maximum atomic E-state index is 4.21. The molecule has 0 aliphatic heterocycles. The quantitative estimate of drug-likeness (QED) is 0.629. The first kappa shape index (κ1) is 7.16. The Hall–Kier alpha value is 0.0500. The van der Waals surface area contributed by atoms with Crippen LogP contribution in [0, 0.1) is 0 Å². The van der Waals surface area contributed by atoms with Gasteiger partial charge in [0.25, 0.3) is 0 Å². The van der Waals surface area contributed by atoms with E-state index in [4.69, 9.17) is 0 Å². The van der Waals surface area contributed by atoms with Crippen molar-refractivity contribution >= 4 is 24.0 Å². The van der Waals surface area contributed by atoms with Crippen LogP contribution in [0.15, 0.2) is 10.8 Å². The smallest absolute Gasteiger partial charge is 0.0165 e. The van der Waals surface area contributed by atoms with Gasteiger partial charge in [0, 0.05) is 5.75 Å². The van der Waals surface area contributed by atoms with E-state index >= 15 is 0 Å². The minimum Gasteiger partial charge on any atom is -0.175 e. The fraction of sp³-hybridized carbons (Fsp3) is 0.429. The molecule has 1 aromatic rings. The third-order valence-corrected chi connectivity index (χ3v) is 2.57. The Kier molecular flexibility index (Phi) is 2.61. The summed E-state index contributed by atoms with van der Waals surface area (Å²) in [6.45, 7) is 2.18. The van der Waals surface area contributed by atoms with Crippen LogP contribution in [-0.2, 0) is 12.2 Å². The molecule has 9 heavy (non-hydrogen) atoms. The molecule has 1 heterocycles. The van der Waals surface area contributed by atoms with Gasteiger partial charge in [0.15, 0.2) is 0 Å². The molecule has 50 valence electrons. The molecule has 0 spiro atoms. The average molecular weight is 158 g/mol. The van der Waals surface area contributed by atoms with Crippen LogP contribution in [0.25, 0.3) is 0 Å². The molecule has 0 aromatic carbocycles. The Labute approximate surface area is 65.3 Å². The molecule has 0 radical (unpaired) electrons. The monoisotopic (exact) mass is 158 g/mol. The molecule has 1 rings (SSSR count). The standard InChI is InChI=1S/C7H10S2/c1-2-6-4-9-5-7(6)3-8/h4-5,8H,2-3H2,1H3. The molecule has 0 unspecified atom stereocenters. The van der Waals surface area contributed by atoms with Gasteiger partial charge in [0.2, 0.25) is 0 Å². The fourth-order valence-electron chi connectivity index (χ4n) is 0.799. The summed E-state index contributed by atoms with van der Waals surface area (Å²) in [7, 11) is 0. The van der Waals surface area contributed by atoms with Gasteiger partial charge >= 0.3 is 0 Å². The predicted molar refractivity (Wildman–Crippen MR) is 46.4 cm³/mol. The molecule has 0 aliphatic rings. The van der Waals surface area contributed by atoms with Crippen molar-refractivity contribution in [3.63, 3.8) is 0 Å². The van der Waals surface area contributed by atoms with Gasteiger partial charge in [-0.05, 0) is 28.3 Å². The molecular weight excluding hydrogens is 148 g/mol. The first-order valence-corrected chi connectivity index (χ1v) is 4.60. The van der Waals surface area contributed by atoms with Crippen LogP contribution < -0.4 is 0 Å². The van der Waals surface area contributed by atoms with E-state index in [1.165, 1.54) is 11.1 Å². The lowest BCUT2D eigenvalue weighted by Crippen LogP contribution is -1.80. The van der Waals surface area contributed by atoms with Gasteiger partial charge in [-0.1, -0.05) is 6.92 Å². The van der Waals surface area contributed by atoms with Gasteiger partial charge in [0.05, 0.1) is 0 Å². The number of aryl methyl sites for hydroxylation is 1. The van der Waals surface area contributed by atoms with Crippen molar-refractivity contribution < 1.29 is 0 Å². The Morgan fingerprint density at radius 3 is 2.56 bits per heavy atom. The van der Waals surface area contributed by atoms with Crippen molar-refractivity contribution in [2.45, 2.75) is 19.1 Å². The number of rotatable bonds is 2. The van der Waals surface area contributed by atoms with E-state index in [9.17, 15) is 0 Å². The molecule has 0 atom stereocenters. The number of thiophene rings is 1. The summed E-state index contributed by atoms with van der Waals surface area (Å²) < 4.78 is 0. The molecule has 0 bridgehead atoms. The van der Waals surface area contributed by atoms with Crippen LogP contribution in [0.1, 0.15) is 18.1 Å². The van der Waals surface area contributed by atoms with Crippen LogP contribution in [0.3, 0.4) is 0 Å². The van der Waals surface area contributed by atoms with Crippen LogP contribution in [0.2, 0.25) is 0 Å². The molecular formula is C7H10S2. The third-order valence-electron chi connectivity index (χ3n) is 1.38. The summed E-state index contributed by atoms with van der Waals surface area (Å²) in [5.41, 5.74) is 2.85. The minimum atomic E-state index is 0.882. The molecule has 0 saturated carbocycles. The lowest BCUT2D eigenvalue weighted by molar-refractivity contribution is 1.12. The number of hydrogen-bond donors (Lipinski definition) is 1. The molecule has 0 fully saturated rings. The van der Waals surface area contributed by atoms with Gasteiger partial charge in [-0.3, -0.25) is 0 Å². The maximum Gasteiger partial charge on any atom is 0.0165 e. The van der Waals surface area contributed by atoms with E-state index in [1.54, 1.807) is 11.3 Å². The molecule has 0 saturated heterocycles. The van der Waals surface area contributed by atoms with E-state index in [1.807, 2.05) is 0 Å².